The summed E-state index contributed by atoms with van der Waals surface area (Å²) in [5.74, 6) is -0.278. The van der Waals surface area contributed by atoms with Gasteiger partial charge in [-0.3, -0.25) is 4.79 Å². The quantitative estimate of drug-likeness (QED) is 0.0391. The van der Waals surface area contributed by atoms with Gasteiger partial charge in [0, 0.05) is 13.3 Å². The van der Waals surface area contributed by atoms with E-state index >= 15 is 0 Å². The Morgan fingerprint density at radius 1 is 0.588 bits per heavy atom. The van der Waals surface area contributed by atoms with Crippen LogP contribution in [0.2, 0.25) is 0 Å². The van der Waals surface area contributed by atoms with Crippen molar-refractivity contribution in [1.29, 1.82) is 0 Å². The lowest BCUT2D eigenvalue weighted by Gasteiger charge is -1.98. The lowest BCUT2D eigenvalue weighted by molar-refractivity contribution is -0.135. The maximum absolute atomic E-state index is 10.5. The molecule has 3 nitrogen and oxygen atoms in total. The first-order valence-corrected chi connectivity index (χ1v) is 13.9. The molecule has 3 heteroatoms. The normalized spacial score (nSPS) is 11.5. The second-order valence-corrected chi connectivity index (χ2v) is 8.76. The molecule has 0 N–H and O–H groups in total. The van der Waals surface area contributed by atoms with Crippen molar-refractivity contribution in [2.75, 3.05) is 0 Å². The molecular weight excluding hydrogens is 420 g/mol. The van der Waals surface area contributed by atoms with E-state index in [4.69, 9.17) is 0 Å². The van der Waals surface area contributed by atoms with Crippen molar-refractivity contribution >= 4 is 12.3 Å². The Labute approximate surface area is 211 Å². The van der Waals surface area contributed by atoms with Crippen molar-refractivity contribution in [3.05, 3.63) is 48.8 Å². The highest BCUT2D eigenvalue weighted by molar-refractivity contribution is 5.66. The van der Waals surface area contributed by atoms with Crippen LogP contribution in [-0.2, 0) is 14.3 Å². The topological polar surface area (TPSA) is 43.4 Å². The predicted octanol–water partition coefficient (Wildman–Crippen LogP) is 9.98. The van der Waals surface area contributed by atoms with Gasteiger partial charge in [0.15, 0.2) is 0 Å². The average Bonchev–Trinajstić information content (AvgIpc) is 2.83. The fourth-order valence-electron chi connectivity index (χ4n) is 3.27. The molecule has 0 unspecified atom stereocenters. The summed E-state index contributed by atoms with van der Waals surface area (Å²) in [6.45, 7) is 5.90. The molecule has 0 aromatic rings. The highest BCUT2D eigenvalue weighted by Gasteiger charge is 1.89. The summed E-state index contributed by atoms with van der Waals surface area (Å²) in [5.41, 5.74) is 0. The van der Waals surface area contributed by atoms with Gasteiger partial charge < -0.3 is 9.53 Å². The highest BCUT2D eigenvalue weighted by Crippen LogP contribution is 2.09. The molecule has 0 aliphatic rings. The second kappa shape index (κ2) is 33.3. The van der Waals surface area contributed by atoms with Gasteiger partial charge in [-0.25, -0.2) is 0 Å². The highest BCUT2D eigenvalue weighted by atomic mass is 16.5. The summed E-state index contributed by atoms with van der Waals surface area (Å²) >= 11 is 0. The molecule has 0 radical (unpaired) electrons. The molecule has 0 aliphatic carbocycles. The molecular formula is C31H54O3. The van der Waals surface area contributed by atoms with Gasteiger partial charge in [-0.1, -0.05) is 121 Å². The zero-order valence-electron chi connectivity index (χ0n) is 22.6. The summed E-state index contributed by atoms with van der Waals surface area (Å²) in [5, 5.41) is 0. The van der Waals surface area contributed by atoms with Crippen molar-refractivity contribution in [1.82, 2.24) is 0 Å². The van der Waals surface area contributed by atoms with Crippen molar-refractivity contribution in [2.45, 2.75) is 136 Å². The average molecular weight is 475 g/mol. The Bertz CT molecular complexity index is 529. The Kier molecular flexibility index (Phi) is 33.5. The number of carbonyl (C=O) groups excluding carboxylic acids is 2. The number of allylic oxidation sites excluding steroid dienone is 7. The molecule has 0 saturated carbocycles. The molecule has 0 bridgehead atoms. The van der Waals surface area contributed by atoms with Crippen LogP contribution in [-0.4, -0.2) is 12.3 Å². The van der Waals surface area contributed by atoms with Gasteiger partial charge >= 0.3 is 5.97 Å². The van der Waals surface area contributed by atoms with Crippen LogP contribution >= 0.6 is 0 Å². The minimum Gasteiger partial charge on any atom is -0.435 e. The molecule has 0 saturated heterocycles. The van der Waals surface area contributed by atoms with E-state index in [1.54, 1.807) is 0 Å². The van der Waals surface area contributed by atoms with Gasteiger partial charge in [-0.2, -0.15) is 0 Å². The van der Waals surface area contributed by atoms with E-state index in [0.29, 0.717) is 6.42 Å². The molecule has 0 heterocycles. The Hall–Kier alpha value is -1.90. The number of carbonyl (C=O) groups is 2. The van der Waals surface area contributed by atoms with E-state index in [9.17, 15) is 9.59 Å². The van der Waals surface area contributed by atoms with Crippen LogP contribution in [0, 0.1) is 0 Å². The van der Waals surface area contributed by atoms with Crippen LogP contribution in [0.3, 0.4) is 0 Å². The van der Waals surface area contributed by atoms with E-state index in [-0.39, 0.29) is 5.97 Å². The van der Waals surface area contributed by atoms with Gasteiger partial charge in [-0.15, -0.1) is 0 Å². The number of aldehydes is 1. The molecule has 34 heavy (non-hydrogen) atoms. The predicted molar refractivity (Wildman–Crippen MR) is 149 cm³/mol. The van der Waals surface area contributed by atoms with Gasteiger partial charge in [0.05, 0.1) is 6.26 Å². The van der Waals surface area contributed by atoms with E-state index in [1.165, 1.54) is 109 Å². The van der Waals surface area contributed by atoms with Crippen molar-refractivity contribution in [3.63, 3.8) is 0 Å². The Morgan fingerprint density at radius 3 is 1.65 bits per heavy atom. The minimum atomic E-state index is -0.278. The van der Waals surface area contributed by atoms with Crippen LogP contribution in [0.5, 0.6) is 0 Å². The lowest BCUT2D eigenvalue weighted by atomic mass is 10.1. The third-order valence-corrected chi connectivity index (χ3v) is 5.30. The summed E-state index contributed by atoms with van der Waals surface area (Å²) in [6.07, 6.45) is 39.4. The number of ether oxygens (including phenoxy) is 1. The van der Waals surface area contributed by atoms with Gasteiger partial charge in [-0.05, 0) is 44.6 Å². The van der Waals surface area contributed by atoms with Crippen LogP contribution in [0.1, 0.15) is 136 Å². The standard InChI is InChI=1S/C18H30O2.C13H24O/c1-3-4-5-6-7-8-9-10-11-12-13-14-15-16-17-20-18(2)19;1-2-3-4-5-6-7-8-9-10-11-12-13-14/h11-14,16-17H,3-10,15H2,1-2H3;9-10,13H,2-8,11-12H2,1H3/b12-11-,14-13+,17-16+;10-9-. The first-order valence-electron chi connectivity index (χ1n) is 13.9. The Balaban J connectivity index is 0. The maximum Gasteiger partial charge on any atom is 0.307 e. The fourth-order valence-corrected chi connectivity index (χ4v) is 3.27. The molecule has 0 aliphatic heterocycles. The molecule has 196 valence electrons. The Morgan fingerprint density at radius 2 is 1.09 bits per heavy atom. The van der Waals surface area contributed by atoms with Crippen LogP contribution in [0.25, 0.3) is 0 Å². The number of unbranched alkanes of at least 4 members (excludes halogenated alkanes) is 14. The lowest BCUT2D eigenvalue weighted by Crippen LogP contribution is -1.88. The first-order chi connectivity index (χ1) is 16.7. The molecule has 0 aromatic heterocycles. The molecule has 0 rings (SSSR count). The van der Waals surface area contributed by atoms with Crippen LogP contribution < -0.4 is 0 Å². The third-order valence-electron chi connectivity index (χ3n) is 5.30. The molecule has 0 fully saturated rings. The zero-order chi connectivity index (χ0) is 25.4. The summed E-state index contributed by atoms with van der Waals surface area (Å²) < 4.78 is 4.68. The van der Waals surface area contributed by atoms with E-state index in [2.05, 4.69) is 42.9 Å². The molecule has 0 amide bonds. The molecule has 0 spiro atoms. The van der Waals surface area contributed by atoms with Gasteiger partial charge in [0.2, 0.25) is 0 Å². The second-order valence-electron chi connectivity index (χ2n) is 8.76. The summed E-state index contributed by atoms with van der Waals surface area (Å²) in [4.78, 5) is 20.5. The number of rotatable bonds is 22. The van der Waals surface area contributed by atoms with E-state index in [1.807, 2.05) is 18.2 Å². The number of hydrogen-bond acceptors (Lipinski definition) is 3. The van der Waals surface area contributed by atoms with Crippen molar-refractivity contribution in [2.24, 2.45) is 0 Å². The van der Waals surface area contributed by atoms with Crippen molar-refractivity contribution in [3.8, 4) is 0 Å². The van der Waals surface area contributed by atoms with Gasteiger partial charge in [0.25, 0.3) is 0 Å². The summed E-state index contributed by atoms with van der Waals surface area (Å²) in [6, 6.07) is 0. The van der Waals surface area contributed by atoms with Crippen molar-refractivity contribution < 1.29 is 14.3 Å². The maximum atomic E-state index is 10.5. The smallest absolute Gasteiger partial charge is 0.307 e. The number of esters is 1. The van der Waals surface area contributed by atoms with Crippen LogP contribution in [0.4, 0.5) is 0 Å². The molecule has 0 aromatic carbocycles. The third kappa shape index (κ3) is 37.4. The molecule has 0 atom stereocenters. The first kappa shape index (κ1) is 34.3. The van der Waals surface area contributed by atoms with E-state index < -0.39 is 0 Å². The van der Waals surface area contributed by atoms with Crippen LogP contribution in [0.15, 0.2) is 48.8 Å². The summed E-state index contributed by atoms with van der Waals surface area (Å²) in [7, 11) is 0. The monoisotopic (exact) mass is 474 g/mol. The van der Waals surface area contributed by atoms with Gasteiger partial charge in [0.1, 0.15) is 6.29 Å². The van der Waals surface area contributed by atoms with E-state index in [0.717, 1.165) is 19.1 Å². The largest absolute Gasteiger partial charge is 0.435 e. The minimum absolute atomic E-state index is 0.278. The zero-order valence-corrected chi connectivity index (χ0v) is 22.6. The fraction of sp³-hybridized carbons (Fsp3) is 0.677. The SMILES string of the molecule is CCCCCCCC/C=C\CCC=O.CCCCCCCCC/C=C\C=C\C/C=C/OC(C)=O. The number of hydrogen-bond donors (Lipinski definition) is 0.